The number of benzene rings is 2. The van der Waals surface area contributed by atoms with Crippen LogP contribution in [0.5, 0.6) is 5.75 Å². The number of nitrogens with zero attached hydrogens (tertiary/aromatic N) is 2. The quantitative estimate of drug-likeness (QED) is 0.774. The van der Waals surface area contributed by atoms with Crippen molar-refractivity contribution in [3.63, 3.8) is 0 Å². The van der Waals surface area contributed by atoms with Crippen LogP contribution < -0.4 is 9.75 Å². The molecule has 0 bridgehead atoms. The Morgan fingerprint density at radius 2 is 1.75 bits per heavy atom. The molecule has 4 heteroatoms. The zero-order chi connectivity index (χ0) is 17.2. The van der Waals surface area contributed by atoms with E-state index in [4.69, 9.17) is 9.84 Å². The van der Waals surface area contributed by atoms with Gasteiger partial charge in [-0.3, -0.25) is 9.80 Å². The van der Waals surface area contributed by atoms with Gasteiger partial charge in [-0.25, -0.2) is 0 Å². The maximum Gasteiger partial charge on any atom is 0.298 e. The van der Waals surface area contributed by atoms with Crippen molar-refractivity contribution >= 4 is 17.9 Å². The number of carbonyl (C=O) groups is 1. The van der Waals surface area contributed by atoms with Crippen LogP contribution in [0, 0.1) is 5.41 Å². The number of carbonyl (C=O) groups excluding carboxylic acids is 1. The Kier molecular flexibility index (Phi) is 4.38. The highest BCUT2D eigenvalue weighted by atomic mass is 16.5. The molecule has 0 amide bonds. The van der Waals surface area contributed by atoms with Crippen molar-refractivity contribution in [1.82, 2.24) is 0 Å². The second kappa shape index (κ2) is 6.48. The van der Waals surface area contributed by atoms with Crippen molar-refractivity contribution in [1.29, 1.82) is 0 Å². The summed E-state index contributed by atoms with van der Waals surface area (Å²) in [6, 6.07) is 18.1. The predicted octanol–water partition coefficient (Wildman–Crippen LogP) is 4.58. The van der Waals surface area contributed by atoms with Crippen LogP contribution in [0.1, 0.15) is 38.8 Å². The highest BCUT2D eigenvalue weighted by Gasteiger charge is 2.34. The molecule has 0 fully saturated rings. The Morgan fingerprint density at radius 3 is 2.33 bits per heavy atom. The number of hydrogen-bond acceptors (Lipinski definition) is 4. The Labute approximate surface area is 142 Å². The lowest BCUT2D eigenvalue weighted by molar-refractivity contribution is -0.120. The van der Waals surface area contributed by atoms with E-state index in [9.17, 15) is 4.79 Å². The van der Waals surface area contributed by atoms with E-state index in [1.54, 1.807) is 12.1 Å². The van der Waals surface area contributed by atoms with Gasteiger partial charge in [-0.15, -0.1) is 0 Å². The van der Waals surface area contributed by atoms with Crippen molar-refractivity contribution in [2.75, 3.05) is 5.01 Å². The fourth-order valence-corrected chi connectivity index (χ4v) is 2.87. The fraction of sp³-hybridized carbons (Fsp3) is 0.300. The van der Waals surface area contributed by atoms with E-state index in [2.05, 4.69) is 50.0 Å². The van der Waals surface area contributed by atoms with Gasteiger partial charge >= 0.3 is 0 Å². The Morgan fingerprint density at radius 1 is 1.08 bits per heavy atom. The number of rotatable bonds is 4. The first-order valence-electron chi connectivity index (χ1n) is 8.11. The van der Waals surface area contributed by atoms with Crippen molar-refractivity contribution in [3.8, 4) is 5.75 Å². The average molecular weight is 322 g/mol. The van der Waals surface area contributed by atoms with Crippen LogP contribution in [-0.2, 0) is 4.79 Å². The minimum atomic E-state index is 0.0301. The molecule has 1 aliphatic rings. The lowest BCUT2D eigenvalue weighted by Crippen LogP contribution is -2.19. The topological polar surface area (TPSA) is 41.9 Å². The monoisotopic (exact) mass is 322 g/mol. The number of ether oxygens (including phenoxy) is 1. The molecule has 2 aromatic carbocycles. The highest BCUT2D eigenvalue weighted by Crippen LogP contribution is 2.39. The molecular weight excluding hydrogens is 300 g/mol. The van der Waals surface area contributed by atoms with Crippen LogP contribution in [0.25, 0.3) is 0 Å². The average Bonchev–Trinajstić information content (AvgIpc) is 3.02. The maximum atomic E-state index is 10.5. The van der Waals surface area contributed by atoms with Crippen molar-refractivity contribution < 1.29 is 9.53 Å². The van der Waals surface area contributed by atoms with Crippen molar-refractivity contribution in [2.24, 2.45) is 10.5 Å². The molecule has 4 nitrogen and oxygen atoms in total. The Bertz CT molecular complexity index is 730. The smallest absolute Gasteiger partial charge is 0.298 e. The van der Waals surface area contributed by atoms with Crippen LogP contribution in [0.3, 0.4) is 0 Å². The summed E-state index contributed by atoms with van der Waals surface area (Å²) in [6.45, 7) is 7.02. The van der Waals surface area contributed by atoms with Gasteiger partial charge in [0, 0.05) is 17.5 Å². The largest absolute Gasteiger partial charge is 0.429 e. The molecule has 24 heavy (non-hydrogen) atoms. The first kappa shape index (κ1) is 16.2. The molecule has 2 aromatic rings. The van der Waals surface area contributed by atoms with Crippen molar-refractivity contribution in [3.05, 3.63) is 60.2 Å². The number of hydrogen-bond donors (Lipinski definition) is 0. The fourth-order valence-electron chi connectivity index (χ4n) is 2.87. The summed E-state index contributed by atoms with van der Waals surface area (Å²) in [7, 11) is 0. The molecule has 1 aliphatic heterocycles. The van der Waals surface area contributed by atoms with E-state index in [-0.39, 0.29) is 11.5 Å². The molecule has 0 spiro atoms. The van der Waals surface area contributed by atoms with Gasteiger partial charge in [0.15, 0.2) is 0 Å². The molecule has 0 aliphatic carbocycles. The summed E-state index contributed by atoms with van der Waals surface area (Å²) in [6.07, 6.45) is 0.903. The summed E-state index contributed by atoms with van der Waals surface area (Å²) in [5, 5.41) is 6.97. The summed E-state index contributed by atoms with van der Waals surface area (Å²) in [5.41, 5.74) is 3.45. The first-order chi connectivity index (χ1) is 11.5. The maximum absolute atomic E-state index is 10.5. The van der Waals surface area contributed by atoms with Gasteiger partial charge in [-0.2, -0.15) is 5.10 Å². The second-order valence-electron chi connectivity index (χ2n) is 6.98. The van der Waals surface area contributed by atoms with Gasteiger partial charge in [-0.1, -0.05) is 51.1 Å². The second-order valence-corrected chi connectivity index (χ2v) is 6.98. The van der Waals surface area contributed by atoms with Crippen LogP contribution >= 0.6 is 0 Å². The summed E-state index contributed by atoms with van der Waals surface area (Å²) >= 11 is 0. The minimum absolute atomic E-state index is 0.0301. The third-order valence-electron chi connectivity index (χ3n) is 4.25. The van der Waals surface area contributed by atoms with Crippen LogP contribution in [0.15, 0.2) is 59.7 Å². The van der Waals surface area contributed by atoms with E-state index in [1.807, 2.05) is 18.2 Å². The molecule has 0 saturated heterocycles. The highest BCUT2D eigenvalue weighted by molar-refractivity contribution is 5.93. The molecule has 1 unspecified atom stereocenters. The lowest BCUT2D eigenvalue weighted by atomic mass is 9.86. The van der Waals surface area contributed by atoms with Gasteiger partial charge in [0.1, 0.15) is 5.75 Å². The van der Waals surface area contributed by atoms with Gasteiger partial charge < -0.3 is 4.74 Å². The van der Waals surface area contributed by atoms with E-state index in [0.717, 1.165) is 12.1 Å². The van der Waals surface area contributed by atoms with Crippen molar-refractivity contribution in [2.45, 2.75) is 33.2 Å². The number of hydrazone groups is 1. The molecule has 1 heterocycles. The van der Waals surface area contributed by atoms with Gasteiger partial charge in [0.05, 0.1) is 11.7 Å². The van der Waals surface area contributed by atoms with E-state index >= 15 is 0 Å². The summed E-state index contributed by atoms with van der Waals surface area (Å²) in [4.78, 5) is 10.5. The molecule has 3 rings (SSSR count). The predicted molar refractivity (Wildman–Crippen MR) is 96.3 cm³/mol. The zero-order valence-corrected chi connectivity index (χ0v) is 14.3. The summed E-state index contributed by atoms with van der Waals surface area (Å²) in [5.74, 6) is 0.532. The number of anilines is 1. The van der Waals surface area contributed by atoms with Gasteiger partial charge in [0.2, 0.25) is 0 Å². The molecule has 1 atom stereocenters. The molecule has 0 saturated carbocycles. The molecular formula is C20H22N2O2. The van der Waals surface area contributed by atoms with Crippen LogP contribution in [0.4, 0.5) is 5.69 Å². The van der Waals surface area contributed by atoms with E-state index in [0.29, 0.717) is 12.2 Å². The molecule has 0 aromatic heterocycles. The first-order valence-corrected chi connectivity index (χ1v) is 8.11. The Balaban J connectivity index is 1.96. The minimum Gasteiger partial charge on any atom is -0.429 e. The third-order valence-corrected chi connectivity index (χ3v) is 4.25. The van der Waals surface area contributed by atoms with Crippen LogP contribution in [0.2, 0.25) is 0 Å². The molecule has 0 N–H and O–H groups in total. The zero-order valence-electron chi connectivity index (χ0n) is 14.3. The lowest BCUT2D eigenvalue weighted by Gasteiger charge is -2.24. The molecule has 0 radical (unpaired) electrons. The van der Waals surface area contributed by atoms with Crippen LogP contribution in [-0.4, -0.2) is 12.2 Å². The summed E-state index contributed by atoms with van der Waals surface area (Å²) < 4.78 is 4.88. The van der Waals surface area contributed by atoms with E-state index < -0.39 is 0 Å². The SMILES string of the molecule is CC(C)(C)C1=NN(c2ccc(OC=O)cc2)C(c2ccccc2)C1. The Hall–Kier alpha value is -2.62. The molecule has 124 valence electrons. The third kappa shape index (κ3) is 3.32. The van der Waals surface area contributed by atoms with Gasteiger partial charge in [-0.05, 0) is 29.8 Å². The standard InChI is InChI=1S/C20H22N2O2/c1-20(2,3)19-13-18(15-7-5-4-6-8-15)22(21-19)16-9-11-17(12-10-16)24-14-23/h4-12,14,18H,13H2,1-3H3. The normalized spacial score (nSPS) is 17.5. The van der Waals surface area contributed by atoms with E-state index in [1.165, 1.54) is 11.3 Å². The van der Waals surface area contributed by atoms with Gasteiger partial charge in [0.25, 0.3) is 6.47 Å².